The third-order valence-corrected chi connectivity index (χ3v) is 4.78. The zero-order chi connectivity index (χ0) is 8.41. The Balaban J connectivity index is 1.59. The molecule has 4 fully saturated rings. The highest BCUT2D eigenvalue weighted by molar-refractivity contribution is 5.08. The Kier molecular flexibility index (Phi) is 1.28. The lowest BCUT2D eigenvalue weighted by atomic mass is 10.1. The van der Waals surface area contributed by atoms with Crippen LogP contribution < -0.4 is 0 Å². The molecule has 0 amide bonds. The Labute approximate surface area is 79.9 Å². The van der Waals surface area contributed by atoms with Crippen LogP contribution in [0.15, 0.2) is 0 Å². The van der Waals surface area contributed by atoms with Gasteiger partial charge in [0.05, 0.1) is 0 Å². The second-order valence-electron chi connectivity index (χ2n) is 5.47. The summed E-state index contributed by atoms with van der Waals surface area (Å²) in [6, 6.07) is 1.91. The van der Waals surface area contributed by atoms with E-state index in [2.05, 4.69) is 9.80 Å². The summed E-state index contributed by atoms with van der Waals surface area (Å²) in [5.41, 5.74) is 0. The molecular formula is C11H18N2. The van der Waals surface area contributed by atoms with Crippen LogP contribution in [0.4, 0.5) is 0 Å². The normalized spacial score (nSPS) is 54.5. The van der Waals surface area contributed by atoms with E-state index in [1.807, 2.05) is 0 Å². The number of piperidine rings is 1. The van der Waals surface area contributed by atoms with Crippen molar-refractivity contribution in [3.05, 3.63) is 0 Å². The highest BCUT2D eigenvalue weighted by Crippen LogP contribution is 2.51. The first-order chi connectivity index (χ1) is 6.42. The van der Waals surface area contributed by atoms with E-state index in [4.69, 9.17) is 0 Å². The van der Waals surface area contributed by atoms with Crippen LogP contribution in [0.2, 0.25) is 0 Å². The van der Waals surface area contributed by atoms with E-state index < -0.39 is 0 Å². The Bertz CT molecular complexity index is 240. The smallest absolute Gasteiger partial charge is 0.0255 e. The SMILES string of the molecule is C1CC2CN3CC4CC4C3CN2C1. The van der Waals surface area contributed by atoms with Crippen molar-refractivity contribution in [2.45, 2.75) is 31.3 Å². The van der Waals surface area contributed by atoms with Gasteiger partial charge in [-0.05, 0) is 37.6 Å². The van der Waals surface area contributed by atoms with Gasteiger partial charge >= 0.3 is 0 Å². The Morgan fingerprint density at radius 1 is 1.00 bits per heavy atom. The molecule has 1 saturated carbocycles. The summed E-state index contributed by atoms with van der Waals surface area (Å²) in [4.78, 5) is 5.56. The maximum atomic E-state index is 2.80. The number of piperazine rings is 1. The summed E-state index contributed by atoms with van der Waals surface area (Å²) in [5, 5.41) is 0. The maximum absolute atomic E-state index is 2.80. The highest BCUT2D eigenvalue weighted by atomic mass is 15.3. The molecule has 13 heavy (non-hydrogen) atoms. The lowest BCUT2D eigenvalue weighted by molar-refractivity contribution is 0.0631. The standard InChI is InChI=1S/C11H18N2/c1-2-9-6-13-5-8-4-10(8)11(13)7-12(9)3-1/h8-11H,1-7H2. The van der Waals surface area contributed by atoms with E-state index in [1.165, 1.54) is 39.0 Å². The van der Waals surface area contributed by atoms with Crippen LogP contribution in [0.3, 0.4) is 0 Å². The van der Waals surface area contributed by atoms with Crippen LogP contribution >= 0.6 is 0 Å². The summed E-state index contributed by atoms with van der Waals surface area (Å²) in [7, 11) is 0. The lowest BCUT2D eigenvalue weighted by Crippen LogP contribution is -2.54. The van der Waals surface area contributed by atoms with Crippen LogP contribution in [0.5, 0.6) is 0 Å². The molecule has 0 spiro atoms. The fraction of sp³-hybridized carbons (Fsp3) is 1.00. The first-order valence-corrected chi connectivity index (χ1v) is 5.90. The predicted octanol–water partition coefficient (Wildman–Crippen LogP) is 0.785. The van der Waals surface area contributed by atoms with E-state index in [0.717, 1.165) is 23.9 Å². The van der Waals surface area contributed by atoms with Crippen molar-refractivity contribution in [2.75, 3.05) is 26.2 Å². The summed E-state index contributed by atoms with van der Waals surface area (Å²) in [5.74, 6) is 2.23. The number of rotatable bonds is 0. The number of hydrogen-bond acceptors (Lipinski definition) is 2. The molecule has 0 bridgehead atoms. The van der Waals surface area contributed by atoms with Gasteiger partial charge in [-0.3, -0.25) is 9.80 Å². The third kappa shape index (κ3) is 0.909. The van der Waals surface area contributed by atoms with Crippen molar-refractivity contribution in [3.8, 4) is 0 Å². The number of nitrogens with zero attached hydrogens (tertiary/aromatic N) is 2. The summed E-state index contributed by atoms with van der Waals surface area (Å²) in [6.45, 7) is 5.65. The average molecular weight is 178 g/mol. The van der Waals surface area contributed by atoms with Crippen molar-refractivity contribution in [3.63, 3.8) is 0 Å². The van der Waals surface area contributed by atoms with Gasteiger partial charge in [-0.1, -0.05) is 0 Å². The summed E-state index contributed by atoms with van der Waals surface area (Å²) < 4.78 is 0. The van der Waals surface area contributed by atoms with E-state index in [0.29, 0.717) is 0 Å². The molecule has 0 aromatic heterocycles. The van der Waals surface area contributed by atoms with E-state index >= 15 is 0 Å². The monoisotopic (exact) mass is 178 g/mol. The van der Waals surface area contributed by atoms with Crippen LogP contribution in [0, 0.1) is 11.8 Å². The molecular weight excluding hydrogens is 160 g/mol. The number of fused-ring (bicyclic) bond motifs is 4. The quantitative estimate of drug-likeness (QED) is 0.541. The molecule has 4 aliphatic rings. The third-order valence-electron chi connectivity index (χ3n) is 4.78. The van der Waals surface area contributed by atoms with Gasteiger partial charge in [0.2, 0.25) is 0 Å². The van der Waals surface area contributed by atoms with E-state index in [9.17, 15) is 0 Å². The molecule has 3 heterocycles. The second kappa shape index (κ2) is 2.29. The van der Waals surface area contributed by atoms with Gasteiger partial charge in [-0.25, -0.2) is 0 Å². The minimum Gasteiger partial charge on any atom is -0.298 e. The first kappa shape index (κ1) is 7.24. The van der Waals surface area contributed by atoms with Gasteiger partial charge in [0.15, 0.2) is 0 Å². The van der Waals surface area contributed by atoms with Crippen molar-refractivity contribution in [1.29, 1.82) is 0 Å². The maximum Gasteiger partial charge on any atom is 0.0255 e. The molecule has 0 aromatic rings. The Hall–Kier alpha value is -0.0800. The molecule has 2 heteroatoms. The molecule has 1 aliphatic carbocycles. The van der Waals surface area contributed by atoms with Crippen LogP contribution in [0.25, 0.3) is 0 Å². The first-order valence-electron chi connectivity index (χ1n) is 5.90. The minimum atomic E-state index is 0.939. The molecule has 3 saturated heterocycles. The fourth-order valence-corrected chi connectivity index (χ4v) is 3.97. The number of hydrogen-bond donors (Lipinski definition) is 0. The van der Waals surface area contributed by atoms with Crippen LogP contribution in [0.1, 0.15) is 19.3 Å². The van der Waals surface area contributed by atoms with Crippen molar-refractivity contribution in [2.24, 2.45) is 11.8 Å². The molecule has 72 valence electrons. The zero-order valence-corrected chi connectivity index (χ0v) is 8.15. The second-order valence-corrected chi connectivity index (χ2v) is 5.47. The minimum absolute atomic E-state index is 0.939. The van der Waals surface area contributed by atoms with Gasteiger partial charge in [0.1, 0.15) is 0 Å². The Morgan fingerprint density at radius 3 is 3.00 bits per heavy atom. The molecule has 3 aliphatic heterocycles. The molecule has 2 nitrogen and oxygen atoms in total. The largest absolute Gasteiger partial charge is 0.298 e. The fourth-order valence-electron chi connectivity index (χ4n) is 3.97. The van der Waals surface area contributed by atoms with Gasteiger partial charge in [0.25, 0.3) is 0 Å². The van der Waals surface area contributed by atoms with Crippen LogP contribution in [-0.2, 0) is 0 Å². The molecule has 0 aromatic carbocycles. The van der Waals surface area contributed by atoms with E-state index in [1.54, 1.807) is 6.42 Å². The lowest BCUT2D eigenvalue weighted by Gasteiger charge is -2.41. The molecule has 4 unspecified atom stereocenters. The predicted molar refractivity (Wildman–Crippen MR) is 51.6 cm³/mol. The molecule has 4 atom stereocenters. The molecule has 4 rings (SSSR count). The highest BCUT2D eigenvalue weighted by Gasteiger charge is 2.55. The van der Waals surface area contributed by atoms with E-state index in [-0.39, 0.29) is 0 Å². The average Bonchev–Trinajstić information content (AvgIpc) is 2.62. The zero-order valence-electron chi connectivity index (χ0n) is 8.15. The van der Waals surface area contributed by atoms with Gasteiger partial charge in [-0.15, -0.1) is 0 Å². The summed E-state index contributed by atoms with van der Waals surface area (Å²) >= 11 is 0. The molecule has 0 N–H and O–H groups in total. The van der Waals surface area contributed by atoms with Gasteiger partial charge in [0, 0.05) is 31.7 Å². The van der Waals surface area contributed by atoms with Gasteiger partial charge < -0.3 is 0 Å². The Morgan fingerprint density at radius 2 is 2.00 bits per heavy atom. The molecule has 0 radical (unpaired) electrons. The van der Waals surface area contributed by atoms with Crippen molar-refractivity contribution >= 4 is 0 Å². The topological polar surface area (TPSA) is 6.48 Å². The van der Waals surface area contributed by atoms with Crippen LogP contribution in [-0.4, -0.2) is 48.1 Å². The van der Waals surface area contributed by atoms with Crippen molar-refractivity contribution < 1.29 is 0 Å². The summed E-state index contributed by atoms with van der Waals surface area (Å²) in [6.07, 6.45) is 4.48. The van der Waals surface area contributed by atoms with Crippen molar-refractivity contribution in [1.82, 2.24) is 9.80 Å². The van der Waals surface area contributed by atoms with Gasteiger partial charge in [-0.2, -0.15) is 0 Å².